The number of carboxylic acid groups (broad SMARTS) is 1. The van der Waals surface area contributed by atoms with Crippen LogP contribution in [0.2, 0.25) is 0 Å². The Morgan fingerprint density at radius 3 is 2.40 bits per heavy atom. The van der Waals surface area contributed by atoms with Gasteiger partial charge in [0.2, 0.25) is 5.91 Å². The van der Waals surface area contributed by atoms with Crippen LogP contribution in [0.1, 0.15) is 27.0 Å². The predicted molar refractivity (Wildman–Crippen MR) is 163 cm³/mol. The summed E-state index contributed by atoms with van der Waals surface area (Å²) in [6, 6.07) is 29.2. The lowest BCUT2D eigenvalue weighted by Crippen LogP contribution is -2.32. The Hall–Kier alpha value is -5.15. The van der Waals surface area contributed by atoms with Crippen molar-refractivity contribution >= 4 is 39.8 Å². The summed E-state index contributed by atoms with van der Waals surface area (Å²) in [5, 5.41) is 8.24. The first kappa shape index (κ1) is 28.0. The van der Waals surface area contributed by atoms with E-state index >= 15 is 0 Å². The van der Waals surface area contributed by atoms with Gasteiger partial charge in [0.1, 0.15) is 17.9 Å². The Balaban J connectivity index is 1.12. The number of aromatic carboxylic acids is 1. The van der Waals surface area contributed by atoms with Gasteiger partial charge < -0.3 is 14.3 Å². The minimum absolute atomic E-state index is 0.0206. The smallest absolute Gasteiger partial charge is 0.335 e. The van der Waals surface area contributed by atoms with Crippen molar-refractivity contribution in [2.75, 3.05) is 0 Å². The zero-order valence-corrected chi connectivity index (χ0v) is 23.6. The number of amides is 2. The lowest BCUT2D eigenvalue weighted by atomic mass is 10.0. The van der Waals surface area contributed by atoms with E-state index in [9.17, 15) is 19.2 Å². The summed E-state index contributed by atoms with van der Waals surface area (Å²) in [6.45, 7) is 0.358. The molecule has 214 valence electrons. The molecule has 5 aromatic rings. The van der Waals surface area contributed by atoms with Gasteiger partial charge in [-0.25, -0.2) is 4.79 Å². The Morgan fingerprint density at radius 2 is 1.63 bits per heavy atom. The molecule has 1 N–H and O–H groups in total. The summed E-state index contributed by atoms with van der Waals surface area (Å²) in [6.07, 6.45) is 1.38. The van der Waals surface area contributed by atoms with Crippen LogP contribution in [0.5, 0.6) is 5.75 Å². The Kier molecular flexibility index (Phi) is 7.81. The molecule has 2 amide bonds. The van der Waals surface area contributed by atoms with Crippen LogP contribution in [0.25, 0.3) is 22.1 Å². The molecule has 1 saturated heterocycles. The quantitative estimate of drug-likeness (QED) is 0.205. The number of carbonyl (C=O) groups excluding carboxylic acids is 2. The second kappa shape index (κ2) is 12.0. The van der Waals surface area contributed by atoms with Crippen LogP contribution in [0.3, 0.4) is 0 Å². The molecule has 9 heteroatoms. The topological polar surface area (TPSA) is 114 Å². The maximum absolute atomic E-state index is 13.3. The van der Waals surface area contributed by atoms with Crippen molar-refractivity contribution in [3.8, 4) is 16.9 Å². The van der Waals surface area contributed by atoms with Crippen LogP contribution < -0.4 is 10.2 Å². The third kappa shape index (κ3) is 6.07. The van der Waals surface area contributed by atoms with E-state index in [0.717, 1.165) is 33.4 Å². The normalized spacial score (nSPS) is 14.8. The number of carboxylic acids is 1. The lowest BCUT2D eigenvalue weighted by molar-refractivity contribution is -0.127. The van der Waals surface area contributed by atoms with E-state index < -0.39 is 22.4 Å². The predicted octanol–water partition coefficient (Wildman–Crippen LogP) is 6.54. The van der Waals surface area contributed by atoms with E-state index in [0.29, 0.717) is 34.5 Å². The van der Waals surface area contributed by atoms with Crippen LogP contribution >= 0.6 is 11.8 Å². The zero-order chi connectivity index (χ0) is 29.9. The first-order valence-electron chi connectivity index (χ1n) is 13.5. The fourth-order valence-electron chi connectivity index (χ4n) is 4.92. The van der Waals surface area contributed by atoms with Crippen molar-refractivity contribution in [1.29, 1.82) is 0 Å². The van der Waals surface area contributed by atoms with E-state index in [-0.39, 0.29) is 24.0 Å². The summed E-state index contributed by atoms with van der Waals surface area (Å²) < 4.78 is 11.8. The van der Waals surface area contributed by atoms with Gasteiger partial charge in [0.05, 0.1) is 29.0 Å². The Morgan fingerprint density at radius 1 is 0.860 bits per heavy atom. The van der Waals surface area contributed by atoms with Gasteiger partial charge in [-0.1, -0.05) is 72.4 Å². The van der Waals surface area contributed by atoms with Gasteiger partial charge in [-0.2, -0.15) is 0 Å². The average Bonchev–Trinajstić information content (AvgIpc) is 3.29. The number of nitrogens with zero attached hydrogens (tertiary/aromatic N) is 1. The van der Waals surface area contributed by atoms with E-state index in [4.69, 9.17) is 14.3 Å². The first-order valence-corrected chi connectivity index (χ1v) is 14.4. The standard InChI is InChI=1S/C34H25NO7S/c36-31-26(16-30-32(37)35(34(40)43-30)18-21-9-11-24(12-10-21)33(38)39)20-42-29-17-27(13-14-28(29)31)41-19-22-5-4-8-25(15-22)23-6-2-1-3-7-23/h1-15,17,20,30H,16,18-19H2,(H,38,39). The number of fused-ring (bicyclic) bond motifs is 1. The molecule has 0 spiro atoms. The molecule has 1 aliphatic heterocycles. The highest BCUT2D eigenvalue weighted by Crippen LogP contribution is 2.31. The highest BCUT2D eigenvalue weighted by atomic mass is 32.2. The van der Waals surface area contributed by atoms with E-state index in [1.807, 2.05) is 36.4 Å². The molecule has 1 aromatic heterocycles. The molecular weight excluding hydrogens is 566 g/mol. The van der Waals surface area contributed by atoms with Gasteiger partial charge in [-0.05, 0) is 52.6 Å². The molecule has 1 fully saturated rings. The molecule has 6 rings (SSSR count). The minimum Gasteiger partial charge on any atom is -0.489 e. The molecule has 0 saturated carbocycles. The maximum atomic E-state index is 13.3. The Labute approximate surface area is 250 Å². The number of benzene rings is 4. The second-order valence-corrected chi connectivity index (χ2v) is 11.3. The molecule has 43 heavy (non-hydrogen) atoms. The Bertz CT molecular complexity index is 1900. The molecule has 1 aliphatic rings. The van der Waals surface area contributed by atoms with Gasteiger partial charge in [0, 0.05) is 18.1 Å². The van der Waals surface area contributed by atoms with E-state index in [1.54, 1.807) is 30.3 Å². The van der Waals surface area contributed by atoms with Crippen molar-refractivity contribution in [2.24, 2.45) is 0 Å². The summed E-state index contributed by atoms with van der Waals surface area (Å²) in [5.74, 6) is -0.914. The van der Waals surface area contributed by atoms with Gasteiger partial charge in [0.15, 0.2) is 5.43 Å². The molecule has 0 aliphatic carbocycles. The molecular formula is C34H25NO7S. The van der Waals surface area contributed by atoms with Crippen LogP contribution in [-0.2, 0) is 24.4 Å². The number of imide groups is 1. The van der Waals surface area contributed by atoms with E-state index in [2.05, 4.69) is 18.2 Å². The van der Waals surface area contributed by atoms with Crippen LogP contribution in [0.15, 0.2) is 113 Å². The zero-order valence-electron chi connectivity index (χ0n) is 22.8. The SMILES string of the molecule is O=C(O)c1ccc(CN2C(=O)SC(Cc3coc4cc(OCc5cccc(-c6ccccc6)c5)ccc4c3=O)C2=O)cc1. The van der Waals surface area contributed by atoms with Crippen LogP contribution in [0, 0.1) is 0 Å². The van der Waals surface area contributed by atoms with Crippen molar-refractivity contribution < 1.29 is 28.6 Å². The maximum Gasteiger partial charge on any atom is 0.335 e. The summed E-state index contributed by atoms with van der Waals surface area (Å²) in [7, 11) is 0. The number of carbonyl (C=O) groups is 3. The molecule has 4 aromatic carbocycles. The average molecular weight is 592 g/mol. The van der Waals surface area contributed by atoms with Crippen molar-refractivity contribution in [1.82, 2.24) is 4.90 Å². The highest BCUT2D eigenvalue weighted by Gasteiger charge is 2.40. The number of rotatable bonds is 9. The fourth-order valence-corrected chi connectivity index (χ4v) is 5.94. The summed E-state index contributed by atoms with van der Waals surface area (Å²) >= 11 is 0.867. The third-order valence-electron chi connectivity index (χ3n) is 7.21. The van der Waals surface area contributed by atoms with Crippen molar-refractivity contribution in [2.45, 2.75) is 24.8 Å². The minimum atomic E-state index is -1.06. The molecule has 1 atom stereocenters. The number of ether oxygens (including phenoxy) is 1. The monoisotopic (exact) mass is 591 g/mol. The second-order valence-electron chi connectivity index (χ2n) is 10.1. The van der Waals surface area contributed by atoms with Gasteiger partial charge >= 0.3 is 5.97 Å². The lowest BCUT2D eigenvalue weighted by Gasteiger charge is -2.14. The summed E-state index contributed by atoms with van der Waals surface area (Å²) in [5.41, 5.74) is 4.34. The van der Waals surface area contributed by atoms with Crippen LogP contribution in [-0.4, -0.2) is 32.4 Å². The van der Waals surface area contributed by atoms with Gasteiger partial charge in [-0.15, -0.1) is 0 Å². The molecule has 0 bridgehead atoms. The molecule has 1 unspecified atom stereocenters. The number of hydrogen-bond donors (Lipinski definition) is 1. The third-order valence-corrected chi connectivity index (χ3v) is 8.28. The van der Waals surface area contributed by atoms with Crippen LogP contribution in [0.4, 0.5) is 4.79 Å². The fraction of sp³-hybridized carbons (Fsp3) is 0.118. The highest BCUT2D eigenvalue weighted by molar-refractivity contribution is 8.15. The van der Waals surface area contributed by atoms with Gasteiger partial charge in [0.25, 0.3) is 5.24 Å². The largest absolute Gasteiger partial charge is 0.489 e. The van der Waals surface area contributed by atoms with Crippen molar-refractivity contribution in [3.63, 3.8) is 0 Å². The van der Waals surface area contributed by atoms with E-state index in [1.165, 1.54) is 18.4 Å². The number of thioether (sulfide) groups is 1. The number of hydrogen-bond acceptors (Lipinski definition) is 7. The summed E-state index contributed by atoms with van der Waals surface area (Å²) in [4.78, 5) is 51.1. The first-order chi connectivity index (χ1) is 20.9. The molecule has 2 heterocycles. The molecule has 8 nitrogen and oxygen atoms in total. The molecule has 0 radical (unpaired) electrons. The van der Waals surface area contributed by atoms with Crippen molar-refractivity contribution in [3.05, 3.63) is 136 Å². The van der Waals surface area contributed by atoms with Gasteiger partial charge in [-0.3, -0.25) is 19.3 Å².